The van der Waals surface area contributed by atoms with E-state index in [0.717, 1.165) is 51.5 Å². The highest BCUT2D eigenvalue weighted by atomic mass is 16.1. The molecule has 1 aliphatic carbocycles. The summed E-state index contributed by atoms with van der Waals surface area (Å²) in [6, 6.07) is 0.222. The molecule has 2 rings (SSSR count). The van der Waals surface area contributed by atoms with Gasteiger partial charge in [-0.25, -0.2) is 0 Å². The number of carbonyl (C=O) groups excluding carboxylic acids is 2. The molecule has 2 aliphatic rings. The molecule has 0 aromatic heterocycles. The maximum Gasteiger partial charge on any atom is 0.209 e. The fraction of sp³-hybridized carbons (Fsp3) is 0.818. The van der Waals surface area contributed by atoms with Gasteiger partial charge >= 0.3 is 0 Å². The van der Waals surface area contributed by atoms with Gasteiger partial charge in [-0.2, -0.15) is 0 Å². The minimum atomic E-state index is 0.149. The normalized spacial score (nSPS) is 33.4. The van der Waals surface area contributed by atoms with E-state index in [1.54, 1.807) is 0 Å². The predicted molar refractivity (Wildman–Crippen MR) is 52.8 cm³/mol. The molecule has 2 atom stereocenters. The second kappa shape index (κ2) is 4.11. The van der Waals surface area contributed by atoms with Crippen LogP contribution in [-0.2, 0) is 9.59 Å². The highest BCUT2D eigenvalue weighted by Crippen LogP contribution is 2.31. The average Bonchev–Trinajstić information content (AvgIpc) is 2.66. The van der Waals surface area contributed by atoms with Gasteiger partial charge in [-0.15, -0.1) is 0 Å². The van der Waals surface area contributed by atoms with Crippen molar-refractivity contribution in [2.24, 2.45) is 5.92 Å². The summed E-state index contributed by atoms with van der Waals surface area (Å²) in [6.07, 6.45) is 6.92. The van der Waals surface area contributed by atoms with E-state index in [1.807, 2.05) is 4.90 Å². The second-order valence-electron chi connectivity index (χ2n) is 4.37. The number of hydrogen-bond acceptors (Lipinski definition) is 2. The maximum absolute atomic E-state index is 11.7. The zero-order valence-corrected chi connectivity index (χ0v) is 8.45. The number of rotatable bonds is 2. The van der Waals surface area contributed by atoms with E-state index in [9.17, 15) is 9.59 Å². The SMILES string of the molecule is O=CN1CCCC1C1CCCCC1=O. The number of hydrogen-bond donors (Lipinski definition) is 0. The lowest BCUT2D eigenvalue weighted by Gasteiger charge is -2.30. The third kappa shape index (κ3) is 1.68. The summed E-state index contributed by atoms with van der Waals surface area (Å²) in [5.74, 6) is 0.534. The third-order valence-corrected chi connectivity index (χ3v) is 3.54. The Kier molecular flexibility index (Phi) is 2.85. The van der Waals surface area contributed by atoms with Crippen LogP contribution in [-0.4, -0.2) is 29.7 Å². The third-order valence-electron chi connectivity index (χ3n) is 3.54. The van der Waals surface area contributed by atoms with Gasteiger partial charge in [0, 0.05) is 24.9 Å². The first-order valence-electron chi connectivity index (χ1n) is 5.56. The summed E-state index contributed by atoms with van der Waals surface area (Å²) in [5, 5.41) is 0. The molecule has 3 heteroatoms. The van der Waals surface area contributed by atoms with Crippen LogP contribution >= 0.6 is 0 Å². The lowest BCUT2D eigenvalue weighted by atomic mass is 9.82. The summed E-state index contributed by atoms with van der Waals surface area (Å²) in [7, 11) is 0. The summed E-state index contributed by atoms with van der Waals surface area (Å²) >= 11 is 0. The first kappa shape index (κ1) is 9.69. The highest BCUT2D eigenvalue weighted by molar-refractivity contribution is 5.82. The molecular formula is C11H17NO2. The topological polar surface area (TPSA) is 37.4 Å². The summed E-state index contributed by atoms with van der Waals surface area (Å²) in [6.45, 7) is 0.845. The Morgan fingerprint density at radius 3 is 2.79 bits per heavy atom. The molecule has 0 radical (unpaired) electrons. The minimum Gasteiger partial charge on any atom is -0.342 e. The molecule has 1 aliphatic heterocycles. The average molecular weight is 195 g/mol. The summed E-state index contributed by atoms with van der Waals surface area (Å²) < 4.78 is 0. The molecule has 0 aromatic rings. The zero-order valence-electron chi connectivity index (χ0n) is 8.45. The summed E-state index contributed by atoms with van der Waals surface area (Å²) in [4.78, 5) is 24.3. The fourth-order valence-electron chi connectivity index (χ4n) is 2.79. The van der Waals surface area contributed by atoms with Crippen molar-refractivity contribution in [3.05, 3.63) is 0 Å². The smallest absolute Gasteiger partial charge is 0.209 e. The quantitative estimate of drug-likeness (QED) is 0.624. The van der Waals surface area contributed by atoms with Gasteiger partial charge in [0.1, 0.15) is 5.78 Å². The molecule has 0 bridgehead atoms. The van der Waals surface area contributed by atoms with E-state index in [2.05, 4.69) is 0 Å². The van der Waals surface area contributed by atoms with Crippen molar-refractivity contribution in [2.45, 2.75) is 44.6 Å². The van der Waals surface area contributed by atoms with Crippen molar-refractivity contribution in [1.82, 2.24) is 4.90 Å². The van der Waals surface area contributed by atoms with Crippen LogP contribution in [0.4, 0.5) is 0 Å². The van der Waals surface area contributed by atoms with Crippen molar-refractivity contribution in [3.8, 4) is 0 Å². The number of carbonyl (C=O) groups is 2. The zero-order chi connectivity index (χ0) is 9.97. The number of nitrogens with zero attached hydrogens (tertiary/aromatic N) is 1. The Morgan fingerprint density at radius 1 is 1.21 bits per heavy atom. The molecule has 2 unspecified atom stereocenters. The Bertz CT molecular complexity index is 239. The van der Waals surface area contributed by atoms with Crippen molar-refractivity contribution in [2.75, 3.05) is 6.54 Å². The lowest BCUT2D eigenvalue weighted by molar-refractivity contribution is -0.128. The Labute approximate surface area is 84.5 Å². The molecule has 3 nitrogen and oxygen atoms in total. The number of amides is 1. The predicted octanol–water partition coefficient (Wildman–Crippen LogP) is 1.37. The summed E-state index contributed by atoms with van der Waals surface area (Å²) in [5.41, 5.74) is 0. The van der Waals surface area contributed by atoms with Gasteiger partial charge in [-0.1, -0.05) is 6.42 Å². The van der Waals surface area contributed by atoms with Crippen LogP contribution in [0.5, 0.6) is 0 Å². The number of ketones is 1. The van der Waals surface area contributed by atoms with Gasteiger partial charge in [0.15, 0.2) is 0 Å². The van der Waals surface area contributed by atoms with Crippen LogP contribution < -0.4 is 0 Å². The molecule has 1 saturated carbocycles. The van der Waals surface area contributed by atoms with Crippen LogP contribution in [0.15, 0.2) is 0 Å². The molecule has 78 valence electrons. The van der Waals surface area contributed by atoms with Crippen molar-refractivity contribution < 1.29 is 9.59 Å². The van der Waals surface area contributed by atoms with Crippen molar-refractivity contribution in [1.29, 1.82) is 0 Å². The van der Waals surface area contributed by atoms with Gasteiger partial charge in [0.05, 0.1) is 0 Å². The highest BCUT2D eigenvalue weighted by Gasteiger charge is 2.35. The lowest BCUT2D eigenvalue weighted by Crippen LogP contribution is -2.39. The van der Waals surface area contributed by atoms with E-state index in [-0.39, 0.29) is 12.0 Å². The van der Waals surface area contributed by atoms with Gasteiger partial charge in [0.25, 0.3) is 0 Å². The van der Waals surface area contributed by atoms with E-state index in [0.29, 0.717) is 5.78 Å². The van der Waals surface area contributed by atoms with E-state index >= 15 is 0 Å². The van der Waals surface area contributed by atoms with Gasteiger partial charge < -0.3 is 4.90 Å². The monoisotopic (exact) mass is 195 g/mol. The standard InChI is InChI=1S/C11H17NO2/c13-8-12-7-3-5-10(12)9-4-1-2-6-11(9)14/h8-10H,1-7H2. The Morgan fingerprint density at radius 2 is 2.07 bits per heavy atom. The Balaban J connectivity index is 2.04. The van der Waals surface area contributed by atoms with Crippen LogP contribution in [0, 0.1) is 5.92 Å². The molecular weight excluding hydrogens is 178 g/mol. The van der Waals surface area contributed by atoms with Crippen molar-refractivity contribution in [3.63, 3.8) is 0 Å². The van der Waals surface area contributed by atoms with E-state index in [1.165, 1.54) is 0 Å². The number of likely N-dealkylation sites (tertiary alicyclic amines) is 1. The molecule has 2 fully saturated rings. The molecule has 0 N–H and O–H groups in total. The van der Waals surface area contributed by atoms with E-state index in [4.69, 9.17) is 0 Å². The number of Topliss-reactive ketones (excluding diaryl/α,β-unsaturated/α-hetero) is 1. The van der Waals surface area contributed by atoms with E-state index < -0.39 is 0 Å². The first-order chi connectivity index (χ1) is 6.83. The van der Waals surface area contributed by atoms with Gasteiger partial charge in [-0.05, 0) is 25.7 Å². The molecule has 14 heavy (non-hydrogen) atoms. The largest absolute Gasteiger partial charge is 0.342 e. The van der Waals surface area contributed by atoms with Gasteiger partial charge in [0.2, 0.25) is 6.41 Å². The molecule has 0 spiro atoms. The molecule has 0 aromatic carbocycles. The minimum absolute atomic E-state index is 0.149. The van der Waals surface area contributed by atoms with Crippen LogP contribution in [0.25, 0.3) is 0 Å². The van der Waals surface area contributed by atoms with Crippen LogP contribution in [0.2, 0.25) is 0 Å². The van der Waals surface area contributed by atoms with Crippen molar-refractivity contribution >= 4 is 12.2 Å². The molecule has 1 heterocycles. The van der Waals surface area contributed by atoms with Crippen LogP contribution in [0.3, 0.4) is 0 Å². The maximum atomic E-state index is 11.7. The first-order valence-corrected chi connectivity index (χ1v) is 5.56. The second-order valence-corrected chi connectivity index (χ2v) is 4.37. The molecule has 1 amide bonds. The molecule has 1 saturated heterocycles. The van der Waals surface area contributed by atoms with Gasteiger partial charge in [-0.3, -0.25) is 9.59 Å². The van der Waals surface area contributed by atoms with Crippen LogP contribution in [0.1, 0.15) is 38.5 Å². The fourth-order valence-corrected chi connectivity index (χ4v) is 2.79. The Hall–Kier alpha value is -0.860.